The van der Waals surface area contributed by atoms with Crippen LogP contribution in [-0.4, -0.2) is 26.0 Å². The molecule has 1 fully saturated rings. The van der Waals surface area contributed by atoms with Gasteiger partial charge in [-0.2, -0.15) is 8.42 Å². The number of fused-ring (bicyclic) bond motifs is 1. The third-order valence-electron chi connectivity index (χ3n) is 5.01. The molecule has 0 saturated carbocycles. The number of benzene rings is 1. The lowest BCUT2D eigenvalue weighted by molar-refractivity contribution is -0.117. The molecule has 0 spiro atoms. The van der Waals surface area contributed by atoms with Gasteiger partial charge in [0.2, 0.25) is 0 Å². The van der Waals surface area contributed by atoms with Gasteiger partial charge in [0.25, 0.3) is 5.91 Å². The minimum atomic E-state index is -4.16. The largest absolute Gasteiger partial charge is 0.506 e. The van der Waals surface area contributed by atoms with E-state index in [0.29, 0.717) is 28.6 Å². The normalized spacial score (nSPS) is 21.9. The summed E-state index contributed by atoms with van der Waals surface area (Å²) in [5.41, 5.74) is 0.766. The van der Waals surface area contributed by atoms with E-state index in [0.717, 1.165) is 37.7 Å². The Labute approximate surface area is 147 Å². The first-order valence-corrected chi connectivity index (χ1v) is 10.1. The van der Waals surface area contributed by atoms with E-state index in [1.807, 2.05) is 0 Å². The molecule has 1 heterocycles. The summed E-state index contributed by atoms with van der Waals surface area (Å²) in [6.07, 6.45) is 6.54. The van der Waals surface area contributed by atoms with Crippen molar-refractivity contribution in [2.24, 2.45) is 5.92 Å². The van der Waals surface area contributed by atoms with E-state index >= 15 is 4.39 Å². The molecule has 0 aromatic heterocycles. The zero-order valence-electron chi connectivity index (χ0n) is 14.2. The summed E-state index contributed by atoms with van der Waals surface area (Å²) in [6.45, 7) is 1.61. The van der Waals surface area contributed by atoms with Crippen molar-refractivity contribution in [3.05, 3.63) is 23.0 Å². The average Bonchev–Trinajstić information content (AvgIpc) is 2.81. The number of hydrogen-bond acceptors (Lipinski definition) is 4. The molecule has 1 atom stereocenters. The highest BCUT2D eigenvalue weighted by Crippen LogP contribution is 2.41. The number of phenolic OH excluding ortho intramolecular Hbond substituents is 1. The summed E-state index contributed by atoms with van der Waals surface area (Å²) in [4.78, 5) is 11.4. The number of aryl methyl sites for hydroxylation is 1. The van der Waals surface area contributed by atoms with Crippen LogP contribution in [0.5, 0.6) is 5.75 Å². The van der Waals surface area contributed by atoms with Gasteiger partial charge >= 0.3 is 10.2 Å². The number of carbonyl (C=O) groups excluding carboxylic acids is 1. The number of carbonyl (C=O) groups is 1. The Balaban J connectivity index is 1.93. The number of halogens is 1. The van der Waals surface area contributed by atoms with E-state index in [1.54, 1.807) is 4.72 Å². The fraction of sp³-hybridized carbons (Fsp3) is 0.588. The van der Waals surface area contributed by atoms with Crippen molar-refractivity contribution in [1.82, 2.24) is 4.72 Å². The molecule has 1 amide bonds. The predicted molar refractivity (Wildman–Crippen MR) is 92.1 cm³/mol. The number of nitrogens with zero attached hydrogens (tertiary/aromatic N) is 1. The fourth-order valence-electron chi connectivity index (χ4n) is 3.72. The minimum absolute atomic E-state index is 0.362. The number of phenols is 1. The number of rotatable bonds is 5. The number of unbranched alkanes of at least 4 members (excludes halogenated alkanes) is 2. The maximum Gasteiger partial charge on any atom is 0.326 e. The molecule has 6 nitrogen and oxygen atoms in total. The lowest BCUT2D eigenvalue weighted by Crippen LogP contribution is -2.31. The van der Waals surface area contributed by atoms with Crippen LogP contribution in [0.4, 0.5) is 10.1 Å². The van der Waals surface area contributed by atoms with Crippen LogP contribution in [0.1, 0.15) is 50.2 Å². The summed E-state index contributed by atoms with van der Waals surface area (Å²) in [5, 5.41) is 10.2. The third-order valence-corrected chi connectivity index (χ3v) is 6.39. The van der Waals surface area contributed by atoms with E-state index in [4.69, 9.17) is 0 Å². The van der Waals surface area contributed by atoms with Gasteiger partial charge < -0.3 is 5.11 Å². The SMILES string of the molecule is CCCCCC1CCc2cc(O)c(N3CC(=O)NS3(=O)=O)c(F)c2C1. The number of amides is 1. The molecule has 1 saturated heterocycles. The van der Waals surface area contributed by atoms with E-state index in [2.05, 4.69) is 6.92 Å². The Morgan fingerprint density at radius 3 is 2.80 bits per heavy atom. The maximum absolute atomic E-state index is 15.1. The van der Waals surface area contributed by atoms with Crippen molar-refractivity contribution in [2.75, 3.05) is 10.8 Å². The Bertz CT molecular complexity index is 794. The zero-order valence-corrected chi connectivity index (χ0v) is 15.0. The fourth-order valence-corrected chi connectivity index (χ4v) is 4.89. The second-order valence-electron chi connectivity index (χ2n) is 6.84. The standard InChI is InChI=1S/C17H23FN2O4S/c1-2-3-4-5-11-6-7-12-9-14(21)17(16(18)13(12)8-11)20-10-15(22)19-25(20,23)24/h9,11,21H,2-8,10H2,1H3,(H,19,22). The molecule has 8 heteroatoms. The Morgan fingerprint density at radius 2 is 2.16 bits per heavy atom. The van der Waals surface area contributed by atoms with Gasteiger partial charge in [0.1, 0.15) is 18.0 Å². The quantitative estimate of drug-likeness (QED) is 0.779. The van der Waals surface area contributed by atoms with Gasteiger partial charge in [-0.15, -0.1) is 0 Å². The molecular weight excluding hydrogens is 347 g/mol. The van der Waals surface area contributed by atoms with E-state index < -0.39 is 39.9 Å². The number of anilines is 1. The molecule has 0 radical (unpaired) electrons. The molecule has 138 valence electrons. The van der Waals surface area contributed by atoms with Gasteiger partial charge in [0, 0.05) is 0 Å². The smallest absolute Gasteiger partial charge is 0.326 e. The maximum atomic E-state index is 15.1. The van der Waals surface area contributed by atoms with Crippen LogP contribution in [0.3, 0.4) is 0 Å². The summed E-state index contributed by atoms with van der Waals surface area (Å²) >= 11 is 0. The van der Waals surface area contributed by atoms with Crippen molar-refractivity contribution in [3.63, 3.8) is 0 Å². The number of hydrogen-bond donors (Lipinski definition) is 2. The average molecular weight is 370 g/mol. The summed E-state index contributed by atoms with van der Waals surface area (Å²) in [7, 11) is -4.16. The van der Waals surface area contributed by atoms with Crippen LogP contribution in [0.15, 0.2) is 6.07 Å². The highest BCUT2D eigenvalue weighted by Gasteiger charge is 2.39. The Morgan fingerprint density at radius 1 is 1.40 bits per heavy atom. The first kappa shape index (κ1) is 18.0. The monoisotopic (exact) mass is 370 g/mol. The summed E-state index contributed by atoms with van der Waals surface area (Å²) < 4.78 is 41.5. The summed E-state index contributed by atoms with van der Waals surface area (Å²) in [6, 6.07) is 1.44. The van der Waals surface area contributed by atoms with Gasteiger partial charge in [-0.25, -0.2) is 13.4 Å². The van der Waals surface area contributed by atoms with Crippen LogP contribution in [-0.2, 0) is 27.8 Å². The molecule has 1 aliphatic heterocycles. The molecule has 25 heavy (non-hydrogen) atoms. The van der Waals surface area contributed by atoms with E-state index in [1.165, 1.54) is 6.07 Å². The second-order valence-corrected chi connectivity index (χ2v) is 8.43. The van der Waals surface area contributed by atoms with Crippen molar-refractivity contribution >= 4 is 21.8 Å². The van der Waals surface area contributed by atoms with Crippen LogP contribution >= 0.6 is 0 Å². The molecule has 1 unspecified atom stereocenters. The molecule has 0 bridgehead atoms. The second kappa shape index (κ2) is 6.82. The lowest BCUT2D eigenvalue weighted by atomic mass is 9.80. The highest BCUT2D eigenvalue weighted by molar-refractivity contribution is 7.92. The van der Waals surface area contributed by atoms with Crippen LogP contribution in [0.2, 0.25) is 0 Å². The number of aromatic hydroxyl groups is 1. The van der Waals surface area contributed by atoms with Crippen molar-refractivity contribution < 1.29 is 22.7 Å². The van der Waals surface area contributed by atoms with Crippen LogP contribution in [0, 0.1) is 11.7 Å². The van der Waals surface area contributed by atoms with Crippen molar-refractivity contribution in [3.8, 4) is 5.75 Å². The lowest BCUT2D eigenvalue weighted by Gasteiger charge is -2.27. The highest BCUT2D eigenvalue weighted by atomic mass is 32.2. The van der Waals surface area contributed by atoms with Crippen molar-refractivity contribution in [1.29, 1.82) is 0 Å². The van der Waals surface area contributed by atoms with Crippen molar-refractivity contribution in [2.45, 2.75) is 51.9 Å². The zero-order chi connectivity index (χ0) is 18.2. The van der Waals surface area contributed by atoms with Crippen LogP contribution in [0.25, 0.3) is 0 Å². The Hall–Kier alpha value is -1.83. The molecule has 1 aliphatic carbocycles. The predicted octanol–water partition coefficient (Wildman–Crippen LogP) is 2.40. The molecule has 1 aromatic carbocycles. The third kappa shape index (κ3) is 3.44. The van der Waals surface area contributed by atoms with E-state index in [9.17, 15) is 18.3 Å². The van der Waals surface area contributed by atoms with Gasteiger partial charge in [-0.1, -0.05) is 32.6 Å². The topological polar surface area (TPSA) is 86.7 Å². The van der Waals surface area contributed by atoms with Gasteiger partial charge in [-0.3, -0.25) is 4.79 Å². The first-order chi connectivity index (χ1) is 11.8. The van der Waals surface area contributed by atoms with Gasteiger partial charge in [0.05, 0.1) is 0 Å². The van der Waals surface area contributed by atoms with E-state index in [-0.39, 0.29) is 0 Å². The first-order valence-electron chi connectivity index (χ1n) is 8.70. The van der Waals surface area contributed by atoms with Gasteiger partial charge in [0.15, 0.2) is 5.82 Å². The summed E-state index contributed by atoms with van der Waals surface area (Å²) in [5.74, 6) is -1.55. The Kier molecular flexibility index (Phi) is 4.90. The number of nitrogens with one attached hydrogen (secondary N) is 1. The minimum Gasteiger partial charge on any atom is -0.506 e. The molecule has 3 rings (SSSR count). The molecule has 2 N–H and O–H groups in total. The molecular formula is C17H23FN2O4S. The molecule has 1 aromatic rings. The van der Waals surface area contributed by atoms with Gasteiger partial charge in [-0.05, 0) is 42.4 Å². The van der Waals surface area contributed by atoms with Crippen LogP contribution < -0.4 is 9.03 Å². The molecule has 2 aliphatic rings.